The minimum Gasteiger partial charge on any atom is -0.310 e. The number of benzene rings is 1. The average Bonchev–Trinajstić information content (AvgIpc) is 2.28. The molecule has 0 amide bonds. The van der Waals surface area contributed by atoms with Gasteiger partial charge in [-0.15, -0.1) is 11.8 Å². The summed E-state index contributed by atoms with van der Waals surface area (Å²) >= 11 is 1.60. The number of nitrogens with one attached hydrogen (secondary N) is 1. The van der Waals surface area contributed by atoms with E-state index < -0.39 is 0 Å². The molecule has 3 heteroatoms. The fourth-order valence-electron chi connectivity index (χ4n) is 1.70. The first kappa shape index (κ1) is 14.5. The third kappa shape index (κ3) is 4.32. The van der Waals surface area contributed by atoms with E-state index >= 15 is 0 Å². The van der Waals surface area contributed by atoms with Crippen molar-refractivity contribution in [1.82, 2.24) is 5.32 Å². The van der Waals surface area contributed by atoms with Gasteiger partial charge in [0.25, 0.3) is 0 Å². The summed E-state index contributed by atoms with van der Waals surface area (Å²) in [6.07, 6.45) is 1.09. The SMILES string of the molecule is CCCNC(C)c1cccc(F)c1SC(C)C. The highest BCUT2D eigenvalue weighted by atomic mass is 32.2. The topological polar surface area (TPSA) is 12.0 Å². The van der Waals surface area contributed by atoms with Crippen LogP contribution < -0.4 is 5.32 Å². The van der Waals surface area contributed by atoms with Crippen molar-refractivity contribution in [3.05, 3.63) is 29.6 Å². The van der Waals surface area contributed by atoms with Crippen molar-refractivity contribution in [1.29, 1.82) is 0 Å². The molecule has 0 aliphatic heterocycles. The van der Waals surface area contributed by atoms with Crippen molar-refractivity contribution < 1.29 is 4.39 Å². The van der Waals surface area contributed by atoms with E-state index in [0.717, 1.165) is 23.4 Å². The molecule has 1 rings (SSSR count). The molecule has 96 valence electrons. The zero-order chi connectivity index (χ0) is 12.8. The maximum absolute atomic E-state index is 13.8. The first-order valence-corrected chi connectivity index (χ1v) is 7.12. The smallest absolute Gasteiger partial charge is 0.137 e. The quantitative estimate of drug-likeness (QED) is 0.757. The largest absolute Gasteiger partial charge is 0.310 e. The van der Waals surface area contributed by atoms with Gasteiger partial charge < -0.3 is 5.32 Å². The van der Waals surface area contributed by atoms with Gasteiger partial charge in [0, 0.05) is 16.2 Å². The molecule has 17 heavy (non-hydrogen) atoms. The van der Waals surface area contributed by atoms with Crippen LogP contribution in [-0.2, 0) is 0 Å². The molecule has 1 aromatic carbocycles. The predicted molar refractivity (Wildman–Crippen MR) is 74.1 cm³/mol. The maximum atomic E-state index is 13.8. The molecule has 0 saturated carbocycles. The van der Waals surface area contributed by atoms with Crippen molar-refractivity contribution in [2.24, 2.45) is 0 Å². The zero-order valence-corrected chi connectivity index (χ0v) is 11.9. The van der Waals surface area contributed by atoms with Crippen LogP contribution in [0.25, 0.3) is 0 Å². The Labute approximate surface area is 108 Å². The molecular formula is C14H22FNS. The summed E-state index contributed by atoms with van der Waals surface area (Å²) in [5.41, 5.74) is 1.07. The molecule has 0 heterocycles. The Kier molecular flexibility index (Phi) is 6.00. The lowest BCUT2D eigenvalue weighted by molar-refractivity contribution is 0.543. The van der Waals surface area contributed by atoms with Gasteiger partial charge in [0.2, 0.25) is 0 Å². The first-order chi connectivity index (χ1) is 8.06. The van der Waals surface area contributed by atoms with Gasteiger partial charge in [-0.25, -0.2) is 4.39 Å². The molecule has 0 fully saturated rings. The Bertz CT molecular complexity index is 352. The number of halogens is 1. The third-order valence-electron chi connectivity index (χ3n) is 2.52. The molecule has 0 spiro atoms. The van der Waals surface area contributed by atoms with Gasteiger partial charge in [-0.2, -0.15) is 0 Å². The van der Waals surface area contributed by atoms with Crippen LogP contribution in [0.1, 0.15) is 45.7 Å². The average molecular weight is 255 g/mol. The van der Waals surface area contributed by atoms with Crippen LogP contribution in [0.2, 0.25) is 0 Å². The van der Waals surface area contributed by atoms with Crippen molar-refractivity contribution in [2.75, 3.05) is 6.54 Å². The minimum atomic E-state index is -0.105. The Balaban J connectivity index is 2.92. The van der Waals surface area contributed by atoms with E-state index in [4.69, 9.17) is 0 Å². The normalized spacial score (nSPS) is 13.1. The van der Waals surface area contributed by atoms with Crippen LogP contribution in [0.15, 0.2) is 23.1 Å². The molecule has 1 atom stereocenters. The molecule has 1 unspecified atom stereocenters. The Hall–Kier alpha value is -0.540. The van der Waals surface area contributed by atoms with E-state index in [-0.39, 0.29) is 11.9 Å². The van der Waals surface area contributed by atoms with Crippen LogP contribution in [0, 0.1) is 5.82 Å². The molecule has 0 aromatic heterocycles. The van der Waals surface area contributed by atoms with Crippen LogP contribution in [-0.4, -0.2) is 11.8 Å². The Morgan fingerprint density at radius 1 is 1.29 bits per heavy atom. The van der Waals surface area contributed by atoms with E-state index in [1.54, 1.807) is 23.9 Å². The number of hydrogen-bond donors (Lipinski definition) is 1. The van der Waals surface area contributed by atoms with Gasteiger partial charge in [-0.3, -0.25) is 0 Å². The molecule has 0 aliphatic rings. The van der Waals surface area contributed by atoms with Gasteiger partial charge in [0.05, 0.1) is 0 Å². The Morgan fingerprint density at radius 3 is 2.59 bits per heavy atom. The van der Waals surface area contributed by atoms with Crippen LogP contribution in [0.3, 0.4) is 0 Å². The zero-order valence-electron chi connectivity index (χ0n) is 11.1. The van der Waals surface area contributed by atoms with Crippen LogP contribution >= 0.6 is 11.8 Å². The molecule has 1 nitrogen and oxygen atoms in total. The summed E-state index contributed by atoms with van der Waals surface area (Å²) in [4.78, 5) is 0.790. The van der Waals surface area contributed by atoms with E-state index in [2.05, 4.69) is 33.0 Å². The lowest BCUT2D eigenvalue weighted by atomic mass is 10.1. The fraction of sp³-hybridized carbons (Fsp3) is 0.571. The molecule has 1 N–H and O–H groups in total. The molecular weight excluding hydrogens is 233 g/mol. The highest BCUT2D eigenvalue weighted by molar-refractivity contribution is 8.00. The second-order valence-corrected chi connectivity index (χ2v) is 6.09. The molecule has 0 radical (unpaired) electrons. The van der Waals surface area contributed by atoms with Crippen LogP contribution in [0.5, 0.6) is 0 Å². The third-order valence-corrected chi connectivity index (χ3v) is 3.66. The van der Waals surface area contributed by atoms with Crippen molar-refractivity contribution in [3.8, 4) is 0 Å². The molecule has 0 aliphatic carbocycles. The number of thioether (sulfide) groups is 1. The summed E-state index contributed by atoms with van der Waals surface area (Å²) in [5.74, 6) is -0.105. The van der Waals surface area contributed by atoms with Crippen LogP contribution in [0.4, 0.5) is 4.39 Å². The number of rotatable bonds is 6. The van der Waals surface area contributed by atoms with E-state index in [1.807, 2.05) is 6.07 Å². The fourth-order valence-corrected chi connectivity index (χ4v) is 2.73. The summed E-state index contributed by atoms with van der Waals surface area (Å²) in [7, 11) is 0. The highest BCUT2D eigenvalue weighted by Crippen LogP contribution is 2.32. The van der Waals surface area contributed by atoms with Gasteiger partial charge >= 0.3 is 0 Å². The molecule has 0 saturated heterocycles. The van der Waals surface area contributed by atoms with Crippen molar-refractivity contribution >= 4 is 11.8 Å². The maximum Gasteiger partial charge on any atom is 0.137 e. The summed E-state index contributed by atoms with van der Waals surface area (Å²) in [5, 5.41) is 3.80. The first-order valence-electron chi connectivity index (χ1n) is 6.24. The van der Waals surface area contributed by atoms with Crippen molar-refractivity contribution in [3.63, 3.8) is 0 Å². The standard InChI is InChI=1S/C14H22FNS/c1-5-9-16-11(4)12-7-6-8-13(15)14(12)17-10(2)3/h6-8,10-11,16H,5,9H2,1-4H3. The lowest BCUT2D eigenvalue weighted by Gasteiger charge is -2.19. The summed E-state index contributed by atoms with van der Waals surface area (Å²) < 4.78 is 13.8. The monoisotopic (exact) mass is 255 g/mol. The Morgan fingerprint density at radius 2 is 2.00 bits per heavy atom. The van der Waals surface area contributed by atoms with Gasteiger partial charge in [-0.05, 0) is 31.5 Å². The second-order valence-electron chi connectivity index (χ2n) is 4.50. The van der Waals surface area contributed by atoms with E-state index in [0.29, 0.717) is 5.25 Å². The predicted octanol–water partition coefficient (Wildman–Crippen LogP) is 4.39. The highest BCUT2D eigenvalue weighted by Gasteiger charge is 2.15. The summed E-state index contributed by atoms with van der Waals surface area (Å²) in [6.45, 7) is 9.36. The summed E-state index contributed by atoms with van der Waals surface area (Å²) in [6, 6.07) is 5.55. The second kappa shape index (κ2) is 7.02. The van der Waals surface area contributed by atoms with Gasteiger partial charge in [-0.1, -0.05) is 32.9 Å². The number of hydrogen-bond acceptors (Lipinski definition) is 2. The minimum absolute atomic E-state index is 0.105. The van der Waals surface area contributed by atoms with Crippen molar-refractivity contribution in [2.45, 2.75) is 50.3 Å². The molecule has 1 aromatic rings. The molecule has 0 bridgehead atoms. The lowest BCUT2D eigenvalue weighted by Crippen LogP contribution is -2.20. The van der Waals surface area contributed by atoms with E-state index in [1.165, 1.54) is 0 Å². The van der Waals surface area contributed by atoms with E-state index in [9.17, 15) is 4.39 Å². The van der Waals surface area contributed by atoms with Gasteiger partial charge in [0.1, 0.15) is 5.82 Å². The van der Waals surface area contributed by atoms with Gasteiger partial charge in [0.15, 0.2) is 0 Å².